The van der Waals surface area contributed by atoms with Crippen molar-refractivity contribution in [2.45, 2.75) is 32.8 Å². The second kappa shape index (κ2) is 4.92. The van der Waals surface area contributed by atoms with Gasteiger partial charge in [-0.15, -0.1) is 11.3 Å². The average molecular weight is 267 g/mol. The molecule has 2 fully saturated rings. The van der Waals surface area contributed by atoms with Crippen molar-refractivity contribution in [3.05, 3.63) is 10.4 Å². The van der Waals surface area contributed by atoms with Crippen molar-refractivity contribution in [3.8, 4) is 0 Å². The molecule has 3 heterocycles. The van der Waals surface area contributed by atoms with E-state index in [-0.39, 0.29) is 18.6 Å². The molecule has 0 aromatic carbocycles. The summed E-state index contributed by atoms with van der Waals surface area (Å²) in [5.41, 5.74) is 0.991. The molecule has 0 radical (unpaired) electrons. The van der Waals surface area contributed by atoms with Gasteiger partial charge in [-0.2, -0.15) is 0 Å². The largest absolute Gasteiger partial charge is 0.514 e. The molecule has 1 atom stereocenters. The fourth-order valence-electron chi connectivity index (χ4n) is 2.19. The number of hydrogen-bond donors (Lipinski definition) is 0. The van der Waals surface area contributed by atoms with Gasteiger partial charge in [0.2, 0.25) is 0 Å². The Labute approximate surface area is 112 Å². The van der Waals surface area contributed by atoms with E-state index >= 15 is 0 Å². The van der Waals surface area contributed by atoms with Gasteiger partial charge in [0, 0.05) is 30.6 Å². The van der Waals surface area contributed by atoms with Crippen LogP contribution in [0.1, 0.15) is 37.8 Å². The van der Waals surface area contributed by atoms with Crippen LogP contribution in [0.4, 0.5) is 0 Å². The number of nitrogens with zero attached hydrogens (tertiary/aromatic N) is 1. The lowest BCUT2D eigenvalue weighted by Crippen LogP contribution is -2.47. The molecular formula is C12H18BNO3S. The molecule has 2 aliphatic rings. The van der Waals surface area contributed by atoms with E-state index in [0.29, 0.717) is 13.2 Å². The Morgan fingerprint density at radius 1 is 1.39 bits per heavy atom. The first-order chi connectivity index (χ1) is 8.64. The highest BCUT2D eigenvalue weighted by Gasteiger charge is 2.35. The number of ether oxygens (including phenoxy) is 1. The van der Waals surface area contributed by atoms with E-state index in [1.807, 2.05) is 5.38 Å². The minimum Gasteiger partial charge on any atom is -0.406 e. The Morgan fingerprint density at radius 3 is 2.83 bits per heavy atom. The minimum atomic E-state index is -0.301. The summed E-state index contributed by atoms with van der Waals surface area (Å²) in [5, 5.41) is 3.08. The van der Waals surface area contributed by atoms with Crippen molar-refractivity contribution in [1.29, 1.82) is 0 Å². The van der Waals surface area contributed by atoms with Crippen molar-refractivity contribution in [3.63, 3.8) is 0 Å². The molecule has 4 nitrogen and oxygen atoms in total. The molecule has 98 valence electrons. The maximum absolute atomic E-state index is 5.74. The summed E-state index contributed by atoms with van der Waals surface area (Å²) in [6.07, 6.45) is 2.39. The molecule has 1 aromatic rings. The summed E-state index contributed by atoms with van der Waals surface area (Å²) in [4.78, 5) is 4.61. The monoisotopic (exact) mass is 267 g/mol. The third-order valence-corrected chi connectivity index (χ3v) is 4.19. The molecule has 1 unspecified atom stereocenters. The van der Waals surface area contributed by atoms with Gasteiger partial charge >= 0.3 is 7.12 Å². The number of aromatic nitrogens is 1. The van der Waals surface area contributed by atoms with E-state index < -0.39 is 0 Å². The minimum absolute atomic E-state index is 0.101. The van der Waals surface area contributed by atoms with Gasteiger partial charge in [-0.1, -0.05) is 13.8 Å². The molecule has 18 heavy (non-hydrogen) atoms. The van der Waals surface area contributed by atoms with Crippen LogP contribution in [0.15, 0.2) is 5.38 Å². The van der Waals surface area contributed by atoms with Crippen molar-refractivity contribution in [2.24, 2.45) is 5.41 Å². The molecule has 0 bridgehead atoms. The summed E-state index contributed by atoms with van der Waals surface area (Å²) < 4.78 is 17.1. The van der Waals surface area contributed by atoms with Gasteiger partial charge in [-0.25, -0.2) is 4.98 Å². The molecule has 0 aliphatic carbocycles. The van der Waals surface area contributed by atoms with Crippen LogP contribution in [0.5, 0.6) is 0 Å². The molecule has 0 amide bonds. The highest BCUT2D eigenvalue weighted by molar-refractivity contribution is 7.10. The van der Waals surface area contributed by atoms with E-state index in [1.165, 1.54) is 0 Å². The van der Waals surface area contributed by atoms with Crippen molar-refractivity contribution < 1.29 is 14.0 Å². The fraction of sp³-hybridized carbons (Fsp3) is 0.750. The van der Waals surface area contributed by atoms with Crippen LogP contribution >= 0.6 is 11.3 Å². The van der Waals surface area contributed by atoms with Crippen LogP contribution in [0, 0.1) is 5.41 Å². The molecule has 3 rings (SSSR count). The molecule has 6 heteroatoms. The van der Waals surface area contributed by atoms with Gasteiger partial charge < -0.3 is 14.0 Å². The Kier molecular flexibility index (Phi) is 3.45. The molecule has 2 aliphatic heterocycles. The summed E-state index contributed by atoms with van der Waals surface area (Å²) >= 11 is 1.64. The van der Waals surface area contributed by atoms with Gasteiger partial charge in [0.05, 0.1) is 5.59 Å². The predicted molar refractivity (Wildman–Crippen MR) is 71.1 cm³/mol. The van der Waals surface area contributed by atoms with Crippen LogP contribution in [-0.2, 0) is 14.0 Å². The van der Waals surface area contributed by atoms with E-state index in [2.05, 4.69) is 18.8 Å². The fourth-order valence-corrected chi connectivity index (χ4v) is 3.09. The Hall–Kier alpha value is -0.425. The molecular weight excluding hydrogens is 249 g/mol. The lowest BCUT2D eigenvalue weighted by molar-refractivity contribution is 0.0339. The summed E-state index contributed by atoms with van der Waals surface area (Å²) in [6.45, 7) is 6.56. The van der Waals surface area contributed by atoms with Crippen LogP contribution in [0.3, 0.4) is 0 Å². The zero-order valence-corrected chi connectivity index (χ0v) is 11.7. The maximum atomic E-state index is 5.74. The third-order valence-electron chi connectivity index (χ3n) is 3.24. The quantitative estimate of drug-likeness (QED) is 0.766. The first-order valence-electron chi connectivity index (χ1n) is 6.44. The first-order valence-corrected chi connectivity index (χ1v) is 7.32. The second-order valence-electron chi connectivity index (χ2n) is 5.73. The van der Waals surface area contributed by atoms with E-state index in [4.69, 9.17) is 14.0 Å². The third kappa shape index (κ3) is 2.61. The smallest absolute Gasteiger partial charge is 0.406 e. The van der Waals surface area contributed by atoms with Gasteiger partial charge in [0.15, 0.2) is 0 Å². The average Bonchev–Trinajstić information content (AvgIpc) is 2.99. The maximum Gasteiger partial charge on any atom is 0.514 e. The van der Waals surface area contributed by atoms with Gasteiger partial charge in [0.25, 0.3) is 0 Å². The standard InChI is InChI=1S/C12H18BNO3S/c1-12(2)7-16-13(17-8-12)10-6-18-11(14-10)9-4-3-5-15-9/h6,9H,3-5,7-8H2,1-2H3. The van der Waals surface area contributed by atoms with Crippen molar-refractivity contribution in [2.75, 3.05) is 19.8 Å². The lowest BCUT2D eigenvalue weighted by Gasteiger charge is -2.32. The predicted octanol–water partition coefficient (Wildman–Crippen LogP) is 1.76. The number of thiazole rings is 1. The number of rotatable bonds is 2. The molecule has 1 aromatic heterocycles. The molecule has 0 spiro atoms. The normalized spacial score (nSPS) is 27.7. The van der Waals surface area contributed by atoms with Gasteiger partial charge in [-0.3, -0.25) is 0 Å². The number of hydrogen-bond acceptors (Lipinski definition) is 5. The Morgan fingerprint density at radius 2 is 2.17 bits per heavy atom. The topological polar surface area (TPSA) is 40.6 Å². The SMILES string of the molecule is CC1(C)COB(c2csc(C3CCCO3)n2)OC1. The van der Waals surface area contributed by atoms with Crippen LogP contribution in [-0.4, -0.2) is 31.9 Å². The highest BCUT2D eigenvalue weighted by Crippen LogP contribution is 2.29. The first kappa shape index (κ1) is 12.6. The van der Waals surface area contributed by atoms with Crippen molar-refractivity contribution >= 4 is 24.0 Å². The highest BCUT2D eigenvalue weighted by atomic mass is 32.1. The van der Waals surface area contributed by atoms with E-state index in [1.54, 1.807) is 11.3 Å². The van der Waals surface area contributed by atoms with Gasteiger partial charge in [0.1, 0.15) is 11.1 Å². The zero-order chi connectivity index (χ0) is 12.6. The van der Waals surface area contributed by atoms with E-state index in [0.717, 1.165) is 30.0 Å². The second-order valence-corrected chi connectivity index (χ2v) is 6.62. The molecule has 2 saturated heterocycles. The summed E-state index contributed by atoms with van der Waals surface area (Å²) in [6, 6.07) is 0. The Bertz CT molecular complexity index is 407. The van der Waals surface area contributed by atoms with Crippen molar-refractivity contribution in [1.82, 2.24) is 4.98 Å². The van der Waals surface area contributed by atoms with Gasteiger partial charge in [-0.05, 0) is 12.8 Å². The van der Waals surface area contributed by atoms with E-state index in [9.17, 15) is 0 Å². The lowest BCUT2D eigenvalue weighted by atomic mass is 9.81. The van der Waals surface area contributed by atoms with Crippen LogP contribution in [0.2, 0.25) is 0 Å². The Balaban J connectivity index is 1.66. The van der Waals surface area contributed by atoms with Crippen LogP contribution in [0.25, 0.3) is 0 Å². The zero-order valence-electron chi connectivity index (χ0n) is 10.8. The molecule has 0 N–H and O–H groups in total. The summed E-state index contributed by atoms with van der Waals surface area (Å²) in [5.74, 6) is 0. The molecule has 0 saturated carbocycles. The summed E-state index contributed by atoms with van der Waals surface area (Å²) in [7, 11) is -0.301. The van der Waals surface area contributed by atoms with Crippen LogP contribution < -0.4 is 5.59 Å².